The van der Waals surface area contributed by atoms with Crippen LogP contribution >= 0.6 is 0 Å². The molecule has 86 valence electrons. The van der Waals surface area contributed by atoms with E-state index in [2.05, 4.69) is 11.8 Å². The Balaban J connectivity index is 1.81. The molecule has 0 spiro atoms. The summed E-state index contributed by atoms with van der Waals surface area (Å²) in [6.07, 6.45) is 9.19. The van der Waals surface area contributed by atoms with Crippen LogP contribution in [0.15, 0.2) is 0 Å². The maximum Gasteiger partial charge on any atom is 0.0989 e. The minimum Gasteiger partial charge on any atom is -0.360 e. The van der Waals surface area contributed by atoms with Crippen LogP contribution in [0.1, 0.15) is 51.9 Å². The predicted octanol–water partition coefficient (Wildman–Crippen LogP) is 3.28. The van der Waals surface area contributed by atoms with Gasteiger partial charge in [0, 0.05) is 19.0 Å². The molecule has 1 saturated heterocycles. The summed E-state index contributed by atoms with van der Waals surface area (Å²) >= 11 is 0. The second kappa shape index (κ2) is 5.00. The highest BCUT2D eigenvalue weighted by Gasteiger charge is 2.27. The maximum absolute atomic E-state index is 8.23. The lowest BCUT2D eigenvalue weighted by Gasteiger charge is -2.32. The summed E-state index contributed by atoms with van der Waals surface area (Å²) in [4.78, 5) is 2.32. The third kappa shape index (κ3) is 2.53. The van der Waals surface area contributed by atoms with Gasteiger partial charge in [0.05, 0.1) is 5.84 Å². The van der Waals surface area contributed by atoms with Gasteiger partial charge in [-0.3, -0.25) is 5.41 Å². The van der Waals surface area contributed by atoms with Gasteiger partial charge in [-0.1, -0.05) is 13.3 Å². The van der Waals surface area contributed by atoms with Crippen LogP contribution in [0, 0.1) is 17.2 Å². The quantitative estimate of drug-likeness (QED) is 0.547. The van der Waals surface area contributed by atoms with Crippen LogP contribution in [0.25, 0.3) is 0 Å². The second-order valence-electron chi connectivity index (χ2n) is 5.21. The molecule has 0 unspecified atom stereocenters. The molecule has 1 aliphatic heterocycles. The number of amidine groups is 1. The fourth-order valence-corrected chi connectivity index (χ4v) is 3.06. The molecule has 2 fully saturated rings. The molecular formula is C13H24N2. The van der Waals surface area contributed by atoms with Crippen molar-refractivity contribution in [1.29, 1.82) is 5.41 Å². The minimum absolute atomic E-state index is 0.589. The molecule has 1 N–H and O–H groups in total. The van der Waals surface area contributed by atoms with Gasteiger partial charge in [0.2, 0.25) is 0 Å². The fourth-order valence-electron chi connectivity index (χ4n) is 3.06. The van der Waals surface area contributed by atoms with Crippen molar-refractivity contribution >= 4 is 5.84 Å². The summed E-state index contributed by atoms with van der Waals surface area (Å²) in [5, 5.41) is 8.23. The van der Waals surface area contributed by atoms with E-state index in [1.54, 1.807) is 0 Å². The molecule has 0 aromatic carbocycles. The van der Waals surface area contributed by atoms with Crippen LogP contribution in [0.5, 0.6) is 0 Å². The van der Waals surface area contributed by atoms with Crippen molar-refractivity contribution in [2.24, 2.45) is 11.8 Å². The standard InChI is InChI=1S/C13H24N2/c1-2-11-5-7-12(8-6-11)13(14)15-9-3-4-10-15/h11-12,14H,2-10H2,1H3. The van der Waals surface area contributed by atoms with E-state index in [0.29, 0.717) is 5.92 Å². The van der Waals surface area contributed by atoms with E-state index in [9.17, 15) is 0 Å². The smallest absolute Gasteiger partial charge is 0.0989 e. The average Bonchev–Trinajstić information content (AvgIpc) is 2.82. The van der Waals surface area contributed by atoms with Gasteiger partial charge in [-0.15, -0.1) is 0 Å². The highest BCUT2D eigenvalue weighted by Crippen LogP contribution is 2.32. The van der Waals surface area contributed by atoms with Gasteiger partial charge in [0.1, 0.15) is 0 Å². The second-order valence-corrected chi connectivity index (χ2v) is 5.21. The Morgan fingerprint density at radius 3 is 2.27 bits per heavy atom. The summed E-state index contributed by atoms with van der Waals surface area (Å²) in [6.45, 7) is 4.59. The normalized spacial score (nSPS) is 31.9. The summed E-state index contributed by atoms with van der Waals surface area (Å²) in [5.74, 6) is 2.50. The van der Waals surface area contributed by atoms with Crippen molar-refractivity contribution in [3.05, 3.63) is 0 Å². The minimum atomic E-state index is 0.589. The van der Waals surface area contributed by atoms with E-state index < -0.39 is 0 Å². The van der Waals surface area contributed by atoms with Crippen molar-refractivity contribution in [3.63, 3.8) is 0 Å². The van der Waals surface area contributed by atoms with Gasteiger partial charge in [-0.2, -0.15) is 0 Å². The molecule has 0 bridgehead atoms. The molecule has 2 aliphatic rings. The number of rotatable bonds is 2. The zero-order valence-electron chi connectivity index (χ0n) is 9.97. The maximum atomic E-state index is 8.23. The molecule has 0 aromatic heterocycles. The molecule has 1 saturated carbocycles. The van der Waals surface area contributed by atoms with Crippen LogP contribution in [-0.2, 0) is 0 Å². The van der Waals surface area contributed by atoms with Crippen molar-refractivity contribution in [2.45, 2.75) is 51.9 Å². The number of hydrogen-bond acceptors (Lipinski definition) is 1. The van der Waals surface area contributed by atoms with Crippen LogP contribution < -0.4 is 0 Å². The van der Waals surface area contributed by atoms with Crippen LogP contribution in [0.4, 0.5) is 0 Å². The molecule has 2 nitrogen and oxygen atoms in total. The van der Waals surface area contributed by atoms with Gasteiger partial charge >= 0.3 is 0 Å². The number of hydrogen-bond donors (Lipinski definition) is 1. The summed E-state index contributed by atoms with van der Waals surface area (Å²) in [7, 11) is 0. The molecule has 0 aromatic rings. The molecule has 2 heteroatoms. The van der Waals surface area contributed by atoms with E-state index in [1.165, 1.54) is 44.9 Å². The van der Waals surface area contributed by atoms with Gasteiger partial charge in [0.15, 0.2) is 0 Å². The Morgan fingerprint density at radius 1 is 1.13 bits per heavy atom. The fraction of sp³-hybridized carbons (Fsp3) is 0.923. The molecule has 1 heterocycles. The highest BCUT2D eigenvalue weighted by atomic mass is 15.2. The lowest BCUT2D eigenvalue weighted by atomic mass is 9.80. The summed E-state index contributed by atoms with van der Waals surface area (Å²) in [6, 6.07) is 0. The van der Waals surface area contributed by atoms with Crippen LogP contribution in [0.2, 0.25) is 0 Å². The Labute approximate surface area is 93.6 Å². The van der Waals surface area contributed by atoms with Gasteiger partial charge in [-0.25, -0.2) is 0 Å². The van der Waals surface area contributed by atoms with E-state index in [1.807, 2.05) is 0 Å². The Bertz CT molecular complexity index is 211. The zero-order valence-corrected chi connectivity index (χ0v) is 9.97. The van der Waals surface area contributed by atoms with Gasteiger partial charge < -0.3 is 4.90 Å². The van der Waals surface area contributed by atoms with E-state index in [0.717, 1.165) is 24.8 Å². The molecule has 0 radical (unpaired) electrons. The first-order valence-electron chi connectivity index (χ1n) is 6.64. The number of likely N-dealkylation sites (tertiary alicyclic amines) is 1. The Morgan fingerprint density at radius 2 is 1.73 bits per heavy atom. The first-order chi connectivity index (χ1) is 7.31. The van der Waals surface area contributed by atoms with Crippen molar-refractivity contribution < 1.29 is 0 Å². The summed E-state index contributed by atoms with van der Waals surface area (Å²) in [5.41, 5.74) is 0. The Kier molecular flexibility index (Phi) is 3.66. The van der Waals surface area contributed by atoms with Gasteiger partial charge in [0.25, 0.3) is 0 Å². The zero-order chi connectivity index (χ0) is 10.7. The third-order valence-corrected chi connectivity index (χ3v) is 4.26. The first kappa shape index (κ1) is 11.0. The number of nitrogens with one attached hydrogen (secondary N) is 1. The van der Waals surface area contributed by atoms with Crippen LogP contribution in [0.3, 0.4) is 0 Å². The third-order valence-electron chi connectivity index (χ3n) is 4.26. The molecular weight excluding hydrogens is 184 g/mol. The molecule has 15 heavy (non-hydrogen) atoms. The topological polar surface area (TPSA) is 27.1 Å². The average molecular weight is 208 g/mol. The van der Waals surface area contributed by atoms with E-state index in [4.69, 9.17) is 5.41 Å². The van der Waals surface area contributed by atoms with Crippen molar-refractivity contribution in [3.8, 4) is 0 Å². The highest BCUT2D eigenvalue weighted by molar-refractivity contribution is 5.81. The van der Waals surface area contributed by atoms with Crippen molar-refractivity contribution in [1.82, 2.24) is 4.90 Å². The molecule has 0 atom stereocenters. The van der Waals surface area contributed by atoms with Crippen LogP contribution in [-0.4, -0.2) is 23.8 Å². The lowest BCUT2D eigenvalue weighted by molar-refractivity contribution is 0.298. The SMILES string of the molecule is CCC1CCC(C(=N)N2CCCC2)CC1. The molecule has 0 amide bonds. The first-order valence-corrected chi connectivity index (χ1v) is 6.64. The largest absolute Gasteiger partial charge is 0.360 e. The summed E-state index contributed by atoms with van der Waals surface area (Å²) < 4.78 is 0. The van der Waals surface area contributed by atoms with Crippen molar-refractivity contribution in [2.75, 3.05) is 13.1 Å². The number of nitrogens with zero attached hydrogens (tertiary/aromatic N) is 1. The molecule has 2 rings (SSSR count). The predicted molar refractivity (Wildman–Crippen MR) is 64.3 cm³/mol. The molecule has 1 aliphatic carbocycles. The lowest BCUT2D eigenvalue weighted by Crippen LogP contribution is -2.35. The monoisotopic (exact) mass is 208 g/mol. The van der Waals surface area contributed by atoms with E-state index in [-0.39, 0.29) is 0 Å². The van der Waals surface area contributed by atoms with E-state index >= 15 is 0 Å². The Hall–Kier alpha value is -0.530. The van der Waals surface area contributed by atoms with Gasteiger partial charge in [-0.05, 0) is 44.4 Å².